The van der Waals surface area contributed by atoms with Crippen molar-refractivity contribution in [3.63, 3.8) is 0 Å². The molecule has 1 rings (SSSR count). The molecule has 2 unspecified atom stereocenters. The quantitative estimate of drug-likeness (QED) is 0.240. The Hall–Kier alpha value is -0.0800. The Bertz CT molecular complexity index is 267. The normalized spacial score (nSPS) is 20.4. The van der Waals surface area contributed by atoms with Gasteiger partial charge in [0.2, 0.25) is 0 Å². The summed E-state index contributed by atoms with van der Waals surface area (Å²) in [6, 6.07) is 0. The van der Waals surface area contributed by atoms with E-state index in [9.17, 15) is 0 Å². The molecule has 1 saturated heterocycles. The summed E-state index contributed by atoms with van der Waals surface area (Å²) in [4.78, 5) is 0. The Kier molecular flexibility index (Phi) is 15.9. The molecule has 2 atom stereocenters. The van der Waals surface area contributed by atoms with E-state index in [1.165, 1.54) is 103 Å². The van der Waals surface area contributed by atoms with Crippen molar-refractivity contribution in [3.05, 3.63) is 0 Å². The minimum absolute atomic E-state index is 0.374. The maximum Gasteiger partial charge on any atom is 0.0812 e. The third-order valence-electron chi connectivity index (χ3n) is 5.58. The lowest BCUT2D eigenvalue weighted by Crippen LogP contribution is -2.14. The van der Waals surface area contributed by atoms with Crippen LogP contribution in [0.5, 0.6) is 0 Å². The van der Waals surface area contributed by atoms with E-state index in [1.54, 1.807) is 0 Å². The first-order valence-electron chi connectivity index (χ1n) is 11.6. The molecule has 1 aliphatic rings. The molecule has 2 nitrogen and oxygen atoms in total. The largest absolute Gasteiger partial charge is 0.379 e. The van der Waals surface area contributed by atoms with Gasteiger partial charge in [0.15, 0.2) is 0 Å². The Balaban J connectivity index is 1.78. The molecule has 2 heteroatoms. The molecule has 0 amide bonds. The van der Waals surface area contributed by atoms with Crippen LogP contribution >= 0.6 is 0 Å². The first-order chi connectivity index (χ1) is 12.4. The van der Waals surface area contributed by atoms with Gasteiger partial charge in [-0.1, -0.05) is 97.3 Å². The third-order valence-corrected chi connectivity index (χ3v) is 5.58. The van der Waals surface area contributed by atoms with E-state index in [-0.39, 0.29) is 0 Å². The zero-order chi connectivity index (χ0) is 18.0. The van der Waals surface area contributed by atoms with E-state index in [1.807, 2.05) is 0 Å². The highest BCUT2D eigenvalue weighted by molar-refractivity contribution is 4.73. The monoisotopic (exact) mass is 354 g/mol. The van der Waals surface area contributed by atoms with Crippen LogP contribution in [-0.4, -0.2) is 25.9 Å². The summed E-state index contributed by atoms with van der Waals surface area (Å²) in [7, 11) is 0. The molecular formula is C23H46O2. The van der Waals surface area contributed by atoms with Crippen molar-refractivity contribution in [2.75, 3.05) is 19.8 Å². The minimum atomic E-state index is 0.374. The van der Waals surface area contributed by atoms with E-state index in [0.29, 0.717) is 6.10 Å². The molecule has 0 radical (unpaired) electrons. The number of ether oxygens (including phenoxy) is 2. The number of rotatable bonds is 18. The molecule has 0 aromatic carbocycles. The van der Waals surface area contributed by atoms with Crippen molar-refractivity contribution >= 4 is 0 Å². The standard InChI is InChI=1S/C23H46O2/c1-3-5-7-8-9-10-11-12-13-14-15-16-17-22-19-23(25-20-22)21-24-18-6-4-2/h22-23H,3-21H2,1-2H3. The summed E-state index contributed by atoms with van der Waals surface area (Å²) >= 11 is 0. The summed E-state index contributed by atoms with van der Waals surface area (Å²) in [5.41, 5.74) is 0. The van der Waals surface area contributed by atoms with Gasteiger partial charge in [0.05, 0.1) is 12.7 Å². The number of hydrogen-bond donors (Lipinski definition) is 0. The summed E-state index contributed by atoms with van der Waals surface area (Å²) in [5.74, 6) is 0.794. The van der Waals surface area contributed by atoms with Crippen LogP contribution in [0.25, 0.3) is 0 Å². The van der Waals surface area contributed by atoms with Crippen molar-refractivity contribution in [2.45, 2.75) is 123 Å². The van der Waals surface area contributed by atoms with Gasteiger partial charge in [-0.2, -0.15) is 0 Å². The molecule has 0 spiro atoms. The van der Waals surface area contributed by atoms with Crippen LogP contribution in [0.3, 0.4) is 0 Å². The fraction of sp³-hybridized carbons (Fsp3) is 1.00. The summed E-state index contributed by atoms with van der Waals surface area (Å²) in [6.45, 7) is 7.19. The molecule has 0 bridgehead atoms. The van der Waals surface area contributed by atoms with Crippen LogP contribution in [0.4, 0.5) is 0 Å². The van der Waals surface area contributed by atoms with Crippen LogP contribution in [-0.2, 0) is 9.47 Å². The zero-order valence-electron chi connectivity index (χ0n) is 17.4. The summed E-state index contributed by atoms with van der Waals surface area (Å²) in [5, 5.41) is 0. The van der Waals surface area contributed by atoms with Crippen LogP contribution in [0.15, 0.2) is 0 Å². The zero-order valence-corrected chi connectivity index (χ0v) is 17.4. The summed E-state index contributed by atoms with van der Waals surface area (Å²) < 4.78 is 11.6. The minimum Gasteiger partial charge on any atom is -0.379 e. The van der Waals surface area contributed by atoms with Crippen molar-refractivity contribution in [1.82, 2.24) is 0 Å². The van der Waals surface area contributed by atoms with Crippen molar-refractivity contribution < 1.29 is 9.47 Å². The highest BCUT2D eigenvalue weighted by Crippen LogP contribution is 2.25. The molecular weight excluding hydrogens is 308 g/mol. The van der Waals surface area contributed by atoms with E-state index >= 15 is 0 Å². The molecule has 150 valence electrons. The van der Waals surface area contributed by atoms with Crippen molar-refractivity contribution in [3.8, 4) is 0 Å². The van der Waals surface area contributed by atoms with Gasteiger partial charge in [0.25, 0.3) is 0 Å². The van der Waals surface area contributed by atoms with Gasteiger partial charge in [0.1, 0.15) is 0 Å². The Morgan fingerprint density at radius 1 is 0.720 bits per heavy atom. The Morgan fingerprint density at radius 3 is 1.88 bits per heavy atom. The van der Waals surface area contributed by atoms with Crippen LogP contribution in [0, 0.1) is 5.92 Å². The molecule has 0 aromatic rings. The molecule has 25 heavy (non-hydrogen) atoms. The SMILES string of the molecule is CCCCCCCCCCCCCCC1COC(COCCCC)C1. The van der Waals surface area contributed by atoms with E-state index in [2.05, 4.69) is 13.8 Å². The van der Waals surface area contributed by atoms with Gasteiger partial charge >= 0.3 is 0 Å². The average Bonchev–Trinajstić information content (AvgIpc) is 3.07. The maximum absolute atomic E-state index is 5.88. The fourth-order valence-electron chi connectivity index (χ4n) is 3.83. The average molecular weight is 355 g/mol. The van der Waals surface area contributed by atoms with Gasteiger partial charge in [-0.05, 0) is 25.2 Å². The second-order valence-corrected chi connectivity index (χ2v) is 8.16. The molecule has 1 heterocycles. The van der Waals surface area contributed by atoms with E-state index < -0.39 is 0 Å². The molecule has 0 saturated carbocycles. The lowest BCUT2D eigenvalue weighted by molar-refractivity contribution is 0.0157. The first-order valence-corrected chi connectivity index (χ1v) is 11.6. The molecule has 0 aliphatic carbocycles. The Morgan fingerprint density at radius 2 is 1.28 bits per heavy atom. The predicted octanol–water partition coefficient (Wildman–Crippen LogP) is 7.30. The predicted molar refractivity (Wildman–Crippen MR) is 109 cm³/mol. The third kappa shape index (κ3) is 13.7. The lowest BCUT2D eigenvalue weighted by atomic mass is 9.97. The molecule has 1 aliphatic heterocycles. The smallest absolute Gasteiger partial charge is 0.0812 e. The summed E-state index contributed by atoms with van der Waals surface area (Å²) in [6.07, 6.45) is 22.6. The van der Waals surface area contributed by atoms with E-state index in [0.717, 1.165) is 25.7 Å². The highest BCUT2D eigenvalue weighted by atomic mass is 16.5. The molecule has 1 fully saturated rings. The first kappa shape index (κ1) is 23.0. The van der Waals surface area contributed by atoms with Crippen molar-refractivity contribution in [2.24, 2.45) is 5.92 Å². The lowest BCUT2D eigenvalue weighted by Gasteiger charge is -2.10. The number of unbranched alkanes of at least 4 members (excludes halogenated alkanes) is 12. The maximum atomic E-state index is 5.88. The Labute approximate surface area is 158 Å². The van der Waals surface area contributed by atoms with E-state index in [4.69, 9.17) is 9.47 Å². The topological polar surface area (TPSA) is 18.5 Å². The van der Waals surface area contributed by atoms with Crippen LogP contribution in [0.2, 0.25) is 0 Å². The number of hydrogen-bond acceptors (Lipinski definition) is 2. The molecule has 0 N–H and O–H groups in total. The van der Waals surface area contributed by atoms with Gasteiger partial charge in [-0.15, -0.1) is 0 Å². The second kappa shape index (κ2) is 17.3. The fourth-order valence-corrected chi connectivity index (χ4v) is 3.83. The van der Waals surface area contributed by atoms with Gasteiger partial charge in [0, 0.05) is 13.2 Å². The van der Waals surface area contributed by atoms with Gasteiger partial charge in [-0.3, -0.25) is 0 Å². The molecule has 0 aromatic heterocycles. The van der Waals surface area contributed by atoms with Crippen molar-refractivity contribution in [1.29, 1.82) is 0 Å². The van der Waals surface area contributed by atoms with Crippen LogP contribution in [0.1, 0.15) is 117 Å². The van der Waals surface area contributed by atoms with Crippen LogP contribution < -0.4 is 0 Å². The van der Waals surface area contributed by atoms with Gasteiger partial charge in [-0.25, -0.2) is 0 Å². The second-order valence-electron chi connectivity index (χ2n) is 8.16. The van der Waals surface area contributed by atoms with Gasteiger partial charge < -0.3 is 9.47 Å². The highest BCUT2D eigenvalue weighted by Gasteiger charge is 2.24.